The zero-order chi connectivity index (χ0) is 18.0. The van der Waals surface area contributed by atoms with Crippen LogP contribution in [0.2, 0.25) is 0 Å². The highest BCUT2D eigenvalue weighted by Crippen LogP contribution is 2.41. The highest BCUT2D eigenvalue weighted by Gasteiger charge is 2.40. The molecule has 1 aliphatic carbocycles. The van der Waals surface area contributed by atoms with Gasteiger partial charge in [0.05, 0.1) is 29.8 Å². The van der Waals surface area contributed by atoms with Crippen molar-refractivity contribution in [1.29, 1.82) is 0 Å². The molecule has 1 unspecified atom stereocenters. The molecule has 2 aromatic rings. The second kappa shape index (κ2) is 7.33. The largest absolute Gasteiger partial charge is 0.379 e. The molecule has 1 N–H and O–H groups in total. The molecule has 1 atom stereocenters. The summed E-state index contributed by atoms with van der Waals surface area (Å²) >= 11 is 0. The number of fused-ring (bicyclic) bond motifs is 1. The molecular formula is C21H27N3O2. The maximum absolute atomic E-state index is 13.3. The molecule has 0 spiro atoms. The molecular weight excluding hydrogens is 326 g/mol. The zero-order valence-electron chi connectivity index (χ0n) is 15.4. The Morgan fingerprint density at radius 1 is 1.27 bits per heavy atom. The topological polar surface area (TPSA) is 54.5 Å². The predicted octanol–water partition coefficient (Wildman–Crippen LogP) is 3.31. The maximum atomic E-state index is 13.3. The average Bonchev–Trinajstić information content (AvgIpc) is 3.46. The van der Waals surface area contributed by atoms with E-state index in [1.165, 1.54) is 12.8 Å². The van der Waals surface area contributed by atoms with Gasteiger partial charge in [-0.25, -0.2) is 0 Å². The van der Waals surface area contributed by atoms with Crippen molar-refractivity contribution in [2.75, 3.05) is 38.2 Å². The van der Waals surface area contributed by atoms with Crippen LogP contribution in [-0.4, -0.2) is 48.6 Å². The van der Waals surface area contributed by atoms with Crippen LogP contribution in [0.5, 0.6) is 0 Å². The van der Waals surface area contributed by atoms with Crippen LogP contribution >= 0.6 is 0 Å². The van der Waals surface area contributed by atoms with E-state index < -0.39 is 5.41 Å². The minimum atomic E-state index is -0.393. The Balaban J connectivity index is 1.55. The molecule has 0 bridgehead atoms. The van der Waals surface area contributed by atoms with Gasteiger partial charge in [-0.05, 0) is 31.4 Å². The van der Waals surface area contributed by atoms with Crippen LogP contribution in [0.25, 0.3) is 10.9 Å². The average molecular weight is 353 g/mol. The molecule has 1 saturated carbocycles. The predicted molar refractivity (Wildman–Crippen MR) is 103 cm³/mol. The van der Waals surface area contributed by atoms with Crippen LogP contribution in [0.3, 0.4) is 0 Å². The van der Waals surface area contributed by atoms with Gasteiger partial charge in [-0.3, -0.25) is 14.7 Å². The molecule has 5 nitrogen and oxygen atoms in total. The smallest absolute Gasteiger partial charge is 0.231 e. The molecule has 1 aliphatic heterocycles. The van der Waals surface area contributed by atoms with Crippen molar-refractivity contribution < 1.29 is 9.53 Å². The van der Waals surface area contributed by atoms with E-state index in [0.29, 0.717) is 5.92 Å². The van der Waals surface area contributed by atoms with E-state index in [2.05, 4.69) is 22.1 Å². The molecule has 2 aliphatic rings. The van der Waals surface area contributed by atoms with Crippen molar-refractivity contribution in [2.24, 2.45) is 11.3 Å². The van der Waals surface area contributed by atoms with Gasteiger partial charge in [-0.15, -0.1) is 0 Å². The van der Waals surface area contributed by atoms with E-state index in [1.54, 1.807) is 6.20 Å². The third kappa shape index (κ3) is 3.89. The van der Waals surface area contributed by atoms with Gasteiger partial charge in [-0.1, -0.05) is 31.0 Å². The fourth-order valence-electron chi connectivity index (χ4n) is 3.92. The number of hydrogen-bond donors (Lipinski definition) is 1. The Morgan fingerprint density at radius 2 is 2.04 bits per heavy atom. The number of benzene rings is 1. The first kappa shape index (κ1) is 17.4. The number of aromatic nitrogens is 1. The van der Waals surface area contributed by atoms with Gasteiger partial charge in [-0.2, -0.15) is 0 Å². The van der Waals surface area contributed by atoms with Crippen molar-refractivity contribution >= 4 is 22.5 Å². The van der Waals surface area contributed by atoms with E-state index in [-0.39, 0.29) is 5.91 Å². The standard InChI is InChI=1S/C21H27N3O2/c1-21(14-16-7-8-16,15-24-10-12-26-13-11-24)20(25)23-18-6-2-4-17-5-3-9-22-19(17)18/h2-6,9,16H,7-8,10-15H2,1H3,(H,23,25). The number of nitrogens with one attached hydrogen (secondary N) is 1. The summed E-state index contributed by atoms with van der Waals surface area (Å²) in [4.78, 5) is 20.1. The number of morpholine rings is 1. The number of amides is 1. The van der Waals surface area contributed by atoms with Crippen LogP contribution in [-0.2, 0) is 9.53 Å². The lowest BCUT2D eigenvalue weighted by Gasteiger charge is -2.36. The Hall–Kier alpha value is -1.98. The van der Waals surface area contributed by atoms with Crippen LogP contribution in [0.4, 0.5) is 5.69 Å². The van der Waals surface area contributed by atoms with Gasteiger partial charge in [0, 0.05) is 31.2 Å². The summed E-state index contributed by atoms with van der Waals surface area (Å²) in [5.41, 5.74) is 1.26. The molecule has 2 heterocycles. The number of para-hydroxylation sites is 1. The molecule has 1 aromatic heterocycles. The van der Waals surface area contributed by atoms with Crippen molar-refractivity contribution in [3.05, 3.63) is 36.5 Å². The van der Waals surface area contributed by atoms with Crippen LogP contribution in [0.15, 0.2) is 36.5 Å². The van der Waals surface area contributed by atoms with Gasteiger partial charge in [0.1, 0.15) is 0 Å². The van der Waals surface area contributed by atoms with Gasteiger partial charge in [0.2, 0.25) is 5.91 Å². The summed E-state index contributed by atoms with van der Waals surface area (Å²) < 4.78 is 5.46. The van der Waals surface area contributed by atoms with Crippen molar-refractivity contribution in [3.63, 3.8) is 0 Å². The van der Waals surface area contributed by atoms with E-state index in [4.69, 9.17) is 4.74 Å². The first-order valence-corrected chi connectivity index (χ1v) is 9.59. The summed E-state index contributed by atoms with van der Waals surface area (Å²) in [7, 11) is 0. The fraction of sp³-hybridized carbons (Fsp3) is 0.524. The molecule has 2 fully saturated rings. The highest BCUT2D eigenvalue weighted by atomic mass is 16.5. The van der Waals surface area contributed by atoms with E-state index in [0.717, 1.165) is 55.9 Å². The SMILES string of the molecule is CC(CC1CC1)(CN1CCOCC1)C(=O)Nc1cccc2cccnc12. The number of nitrogens with zero attached hydrogens (tertiary/aromatic N) is 2. The Bertz CT molecular complexity index is 778. The van der Waals surface area contributed by atoms with E-state index >= 15 is 0 Å². The third-order valence-electron chi connectivity index (χ3n) is 5.54. The minimum Gasteiger partial charge on any atom is -0.379 e. The summed E-state index contributed by atoms with van der Waals surface area (Å²) in [6.45, 7) is 6.24. The van der Waals surface area contributed by atoms with E-state index in [9.17, 15) is 4.79 Å². The second-order valence-corrected chi connectivity index (χ2v) is 7.93. The number of anilines is 1. The number of pyridine rings is 1. The lowest BCUT2D eigenvalue weighted by molar-refractivity contribution is -0.127. The Labute approximate surface area is 154 Å². The van der Waals surface area contributed by atoms with Crippen molar-refractivity contribution in [1.82, 2.24) is 9.88 Å². The molecule has 26 heavy (non-hydrogen) atoms. The summed E-state index contributed by atoms with van der Waals surface area (Å²) in [5.74, 6) is 0.798. The monoisotopic (exact) mass is 353 g/mol. The normalized spacial score (nSPS) is 20.7. The molecule has 1 amide bonds. The molecule has 1 aromatic carbocycles. The number of rotatable bonds is 6. The molecule has 138 valence electrons. The number of hydrogen-bond acceptors (Lipinski definition) is 4. The fourth-order valence-corrected chi connectivity index (χ4v) is 3.92. The first-order chi connectivity index (χ1) is 12.6. The Morgan fingerprint density at radius 3 is 2.81 bits per heavy atom. The lowest BCUT2D eigenvalue weighted by atomic mass is 9.82. The quantitative estimate of drug-likeness (QED) is 0.866. The van der Waals surface area contributed by atoms with Gasteiger partial charge in [0.15, 0.2) is 0 Å². The third-order valence-corrected chi connectivity index (χ3v) is 5.54. The Kier molecular flexibility index (Phi) is 4.92. The molecule has 4 rings (SSSR count). The highest BCUT2D eigenvalue weighted by molar-refractivity contribution is 6.02. The summed E-state index contributed by atoms with van der Waals surface area (Å²) in [6, 6.07) is 9.88. The van der Waals surface area contributed by atoms with Gasteiger partial charge >= 0.3 is 0 Å². The zero-order valence-corrected chi connectivity index (χ0v) is 15.4. The summed E-state index contributed by atoms with van der Waals surface area (Å²) in [6.07, 6.45) is 5.23. The van der Waals surface area contributed by atoms with Crippen LogP contribution in [0.1, 0.15) is 26.2 Å². The molecule has 0 radical (unpaired) electrons. The van der Waals surface area contributed by atoms with E-state index in [1.807, 2.05) is 30.3 Å². The molecule has 1 saturated heterocycles. The van der Waals surface area contributed by atoms with Crippen molar-refractivity contribution in [2.45, 2.75) is 26.2 Å². The summed E-state index contributed by atoms with van der Waals surface area (Å²) in [5, 5.41) is 4.23. The van der Waals surface area contributed by atoms with Crippen LogP contribution in [0, 0.1) is 11.3 Å². The number of ether oxygens (including phenoxy) is 1. The second-order valence-electron chi connectivity index (χ2n) is 7.93. The van der Waals surface area contributed by atoms with Crippen LogP contribution < -0.4 is 5.32 Å². The molecule has 5 heteroatoms. The lowest BCUT2D eigenvalue weighted by Crippen LogP contribution is -2.48. The van der Waals surface area contributed by atoms with Crippen molar-refractivity contribution in [3.8, 4) is 0 Å². The first-order valence-electron chi connectivity index (χ1n) is 9.59. The minimum absolute atomic E-state index is 0.106. The van der Waals surface area contributed by atoms with Gasteiger partial charge < -0.3 is 10.1 Å². The number of carbonyl (C=O) groups is 1. The van der Waals surface area contributed by atoms with Gasteiger partial charge in [0.25, 0.3) is 0 Å². The maximum Gasteiger partial charge on any atom is 0.231 e. The number of carbonyl (C=O) groups excluding carboxylic acids is 1.